The van der Waals surface area contributed by atoms with E-state index in [0.717, 1.165) is 4.90 Å². The van der Waals surface area contributed by atoms with Crippen LogP contribution < -0.4 is 10.2 Å². The minimum Gasteiger partial charge on any atom is -0.459 e. The summed E-state index contributed by atoms with van der Waals surface area (Å²) >= 11 is 18.2. The zero-order chi connectivity index (χ0) is 15.6. The Labute approximate surface area is 138 Å². The standard InChI is InChI=1S/C13H17Cl3N2O3/c1-8-6-18(7-9(2)21-8)12(13(14,15)16)17-11(19)10-4-3-5-20-10/h3-5,8-9,12H,6-7H2,1-2H3,(H,17,19)/p+1/t8-,9+,12-/m0/s1. The summed E-state index contributed by atoms with van der Waals surface area (Å²) in [4.78, 5) is 13.1. The van der Waals surface area contributed by atoms with Gasteiger partial charge in [-0.15, -0.1) is 0 Å². The molecule has 2 rings (SSSR count). The van der Waals surface area contributed by atoms with E-state index in [0.29, 0.717) is 13.1 Å². The van der Waals surface area contributed by atoms with Crippen molar-refractivity contribution in [1.29, 1.82) is 0 Å². The van der Waals surface area contributed by atoms with Gasteiger partial charge in [-0.25, -0.2) is 0 Å². The van der Waals surface area contributed by atoms with Gasteiger partial charge in [0.15, 0.2) is 5.76 Å². The van der Waals surface area contributed by atoms with E-state index in [2.05, 4.69) is 5.32 Å². The number of furan rings is 1. The normalized spacial score (nSPS) is 28.1. The Morgan fingerprint density at radius 1 is 1.38 bits per heavy atom. The van der Waals surface area contributed by atoms with Gasteiger partial charge in [0.25, 0.3) is 9.70 Å². The Hall–Kier alpha value is -0.460. The second-order valence-corrected chi connectivity index (χ2v) is 7.62. The molecule has 1 amide bonds. The average molecular weight is 357 g/mol. The molecule has 5 nitrogen and oxygen atoms in total. The molecule has 1 unspecified atom stereocenters. The summed E-state index contributed by atoms with van der Waals surface area (Å²) in [7, 11) is 0. The van der Waals surface area contributed by atoms with Crippen LogP contribution in [0.3, 0.4) is 0 Å². The maximum Gasteiger partial charge on any atom is 0.291 e. The smallest absolute Gasteiger partial charge is 0.291 e. The second-order valence-electron chi connectivity index (χ2n) is 5.25. The molecule has 1 aromatic heterocycles. The average Bonchev–Trinajstić information content (AvgIpc) is 2.86. The highest BCUT2D eigenvalue weighted by Gasteiger charge is 2.45. The lowest BCUT2D eigenvalue weighted by Crippen LogP contribution is -3.22. The van der Waals surface area contributed by atoms with Crippen LogP contribution in [0.1, 0.15) is 24.4 Å². The van der Waals surface area contributed by atoms with Crippen molar-refractivity contribution in [2.75, 3.05) is 13.1 Å². The number of nitrogens with one attached hydrogen (secondary N) is 2. The van der Waals surface area contributed by atoms with Crippen LogP contribution in [0.15, 0.2) is 22.8 Å². The minimum absolute atomic E-state index is 0.0270. The lowest BCUT2D eigenvalue weighted by Gasteiger charge is -2.39. The van der Waals surface area contributed by atoms with Crippen molar-refractivity contribution in [3.63, 3.8) is 0 Å². The predicted molar refractivity (Wildman–Crippen MR) is 81.0 cm³/mol. The molecule has 118 valence electrons. The van der Waals surface area contributed by atoms with E-state index in [1.54, 1.807) is 12.1 Å². The number of ether oxygens (including phenoxy) is 1. The summed E-state index contributed by atoms with van der Waals surface area (Å²) in [5.41, 5.74) is 0. The molecule has 2 N–H and O–H groups in total. The van der Waals surface area contributed by atoms with Crippen LogP contribution in [0.2, 0.25) is 0 Å². The lowest BCUT2D eigenvalue weighted by atomic mass is 10.2. The summed E-state index contributed by atoms with van der Waals surface area (Å²) in [6.07, 6.45) is 0.789. The molecule has 1 saturated heterocycles. The van der Waals surface area contributed by atoms with Gasteiger partial charge in [-0.1, -0.05) is 34.8 Å². The molecular formula is C13H18Cl3N2O3+. The second kappa shape index (κ2) is 6.75. The number of morpholine rings is 1. The quantitative estimate of drug-likeness (QED) is 0.805. The fourth-order valence-corrected chi connectivity index (χ4v) is 3.20. The molecule has 0 radical (unpaired) electrons. The van der Waals surface area contributed by atoms with E-state index >= 15 is 0 Å². The van der Waals surface area contributed by atoms with Crippen molar-refractivity contribution >= 4 is 40.7 Å². The Morgan fingerprint density at radius 2 is 2.00 bits per heavy atom. The molecule has 1 fully saturated rings. The van der Waals surface area contributed by atoms with Gasteiger partial charge in [0.2, 0.25) is 6.17 Å². The monoisotopic (exact) mass is 355 g/mol. The first-order valence-corrected chi connectivity index (χ1v) is 7.82. The van der Waals surface area contributed by atoms with E-state index in [1.807, 2.05) is 13.8 Å². The van der Waals surface area contributed by atoms with Crippen molar-refractivity contribution < 1.29 is 18.8 Å². The molecule has 1 aromatic rings. The first-order chi connectivity index (χ1) is 9.77. The molecule has 0 spiro atoms. The van der Waals surface area contributed by atoms with Crippen molar-refractivity contribution in [1.82, 2.24) is 5.32 Å². The van der Waals surface area contributed by atoms with E-state index < -0.39 is 15.9 Å². The van der Waals surface area contributed by atoms with Crippen molar-refractivity contribution in [2.45, 2.75) is 36.0 Å². The van der Waals surface area contributed by atoms with E-state index in [-0.39, 0.29) is 18.0 Å². The maximum atomic E-state index is 12.1. The van der Waals surface area contributed by atoms with Gasteiger partial charge in [-0.05, 0) is 26.0 Å². The maximum absolute atomic E-state index is 12.1. The first-order valence-electron chi connectivity index (χ1n) is 6.68. The van der Waals surface area contributed by atoms with Crippen LogP contribution in [0.25, 0.3) is 0 Å². The Morgan fingerprint density at radius 3 is 2.48 bits per heavy atom. The van der Waals surface area contributed by atoms with Gasteiger partial charge in [0.1, 0.15) is 25.3 Å². The first kappa shape index (κ1) is 16.9. The number of rotatable bonds is 3. The molecule has 2 heterocycles. The molecule has 0 aromatic carbocycles. The Kier molecular flexibility index (Phi) is 5.43. The summed E-state index contributed by atoms with van der Waals surface area (Å²) in [5.74, 6) is -0.223. The molecule has 0 saturated carbocycles. The Balaban J connectivity index is 2.13. The van der Waals surface area contributed by atoms with Crippen LogP contribution in [0.5, 0.6) is 0 Å². The molecule has 0 bridgehead atoms. The van der Waals surface area contributed by atoms with Crippen LogP contribution in [-0.4, -0.2) is 41.2 Å². The number of carbonyl (C=O) groups is 1. The predicted octanol–water partition coefficient (Wildman–Crippen LogP) is 1.40. The molecular weight excluding hydrogens is 339 g/mol. The number of hydrogen-bond acceptors (Lipinski definition) is 3. The van der Waals surface area contributed by atoms with E-state index in [4.69, 9.17) is 44.0 Å². The molecule has 0 aliphatic carbocycles. The molecule has 1 aliphatic heterocycles. The third kappa shape index (κ3) is 4.50. The van der Waals surface area contributed by atoms with Crippen LogP contribution in [-0.2, 0) is 4.74 Å². The van der Waals surface area contributed by atoms with Gasteiger partial charge in [-0.3, -0.25) is 10.1 Å². The van der Waals surface area contributed by atoms with Gasteiger partial charge >= 0.3 is 0 Å². The SMILES string of the molecule is C[C@@H]1C[NH+]([C@H](NC(=O)c2ccco2)C(Cl)(Cl)Cl)C[C@H](C)O1. The zero-order valence-corrected chi connectivity index (χ0v) is 14.0. The number of halogens is 3. The summed E-state index contributed by atoms with van der Waals surface area (Å²) in [6.45, 7) is 5.20. The summed E-state index contributed by atoms with van der Waals surface area (Å²) in [5, 5.41) is 2.75. The highest BCUT2D eigenvalue weighted by Crippen LogP contribution is 2.28. The largest absolute Gasteiger partial charge is 0.459 e. The van der Waals surface area contributed by atoms with Crippen LogP contribution >= 0.6 is 34.8 Å². The minimum atomic E-state index is -1.63. The molecule has 8 heteroatoms. The fraction of sp³-hybridized carbons (Fsp3) is 0.615. The molecule has 1 aliphatic rings. The van der Waals surface area contributed by atoms with Gasteiger partial charge in [0.05, 0.1) is 6.26 Å². The molecule has 21 heavy (non-hydrogen) atoms. The third-order valence-electron chi connectivity index (χ3n) is 3.32. The van der Waals surface area contributed by atoms with Crippen molar-refractivity contribution in [3.8, 4) is 0 Å². The van der Waals surface area contributed by atoms with Crippen LogP contribution in [0.4, 0.5) is 0 Å². The van der Waals surface area contributed by atoms with Crippen molar-refractivity contribution in [3.05, 3.63) is 24.2 Å². The lowest BCUT2D eigenvalue weighted by molar-refractivity contribution is -0.941. The third-order valence-corrected chi connectivity index (χ3v) is 3.97. The van der Waals surface area contributed by atoms with Crippen LogP contribution in [0, 0.1) is 0 Å². The fourth-order valence-electron chi connectivity index (χ4n) is 2.58. The highest BCUT2D eigenvalue weighted by molar-refractivity contribution is 6.68. The van der Waals surface area contributed by atoms with Crippen molar-refractivity contribution in [2.24, 2.45) is 0 Å². The van der Waals surface area contributed by atoms with Gasteiger partial charge < -0.3 is 14.1 Å². The summed E-state index contributed by atoms with van der Waals surface area (Å²) in [6, 6.07) is 3.19. The van der Waals surface area contributed by atoms with E-state index in [9.17, 15) is 4.79 Å². The topological polar surface area (TPSA) is 55.9 Å². The number of alkyl halides is 3. The zero-order valence-electron chi connectivity index (χ0n) is 11.7. The number of amides is 1. The van der Waals surface area contributed by atoms with E-state index in [1.165, 1.54) is 6.26 Å². The Bertz CT molecular complexity index is 466. The number of carbonyl (C=O) groups excluding carboxylic acids is 1. The number of quaternary nitrogens is 1. The molecule has 4 atom stereocenters. The number of hydrogen-bond donors (Lipinski definition) is 2. The van der Waals surface area contributed by atoms with Gasteiger partial charge in [0, 0.05) is 0 Å². The van der Waals surface area contributed by atoms with Gasteiger partial charge in [-0.2, -0.15) is 0 Å². The summed E-state index contributed by atoms with van der Waals surface area (Å²) < 4.78 is 9.11. The highest BCUT2D eigenvalue weighted by atomic mass is 35.6.